The van der Waals surface area contributed by atoms with Gasteiger partial charge >= 0.3 is 6.03 Å². The number of imide groups is 1. The number of piperidine rings is 2. The van der Waals surface area contributed by atoms with Gasteiger partial charge in [-0.3, -0.25) is 24.7 Å². The van der Waals surface area contributed by atoms with E-state index in [4.69, 9.17) is 0 Å². The van der Waals surface area contributed by atoms with Gasteiger partial charge in [-0.05, 0) is 82.8 Å². The number of hydrogen-bond acceptors (Lipinski definition) is 5. The number of carbonyl (C=O) groups is 2. The van der Waals surface area contributed by atoms with Gasteiger partial charge in [-0.25, -0.2) is 9.78 Å². The fourth-order valence-corrected chi connectivity index (χ4v) is 8.98. The van der Waals surface area contributed by atoms with E-state index in [2.05, 4.69) is 15.2 Å². The lowest BCUT2D eigenvalue weighted by Gasteiger charge is -2.54. The van der Waals surface area contributed by atoms with Gasteiger partial charge in [-0.15, -0.1) is 0 Å². The van der Waals surface area contributed by atoms with E-state index in [-0.39, 0.29) is 17.4 Å². The zero-order chi connectivity index (χ0) is 26.9. The van der Waals surface area contributed by atoms with Gasteiger partial charge in [0.15, 0.2) is 0 Å². The average molecular weight is 532 g/mol. The van der Waals surface area contributed by atoms with Gasteiger partial charge in [-0.1, -0.05) is 44.2 Å². The average Bonchev–Trinajstić information content (AvgIpc) is 3.00. The van der Waals surface area contributed by atoms with E-state index >= 15 is 0 Å². The largest absolute Gasteiger partial charge is 0.330 e. The molecule has 3 saturated heterocycles. The van der Waals surface area contributed by atoms with Gasteiger partial charge in [-0.2, -0.15) is 0 Å². The van der Waals surface area contributed by atoms with Crippen LogP contribution in [0.1, 0.15) is 96.9 Å². The Balaban J connectivity index is 1.26. The predicted octanol–water partition coefficient (Wildman–Crippen LogP) is 5.15. The van der Waals surface area contributed by atoms with E-state index in [1.165, 1.54) is 69.1 Å². The molecule has 4 heterocycles. The van der Waals surface area contributed by atoms with E-state index in [1.807, 2.05) is 28.8 Å². The van der Waals surface area contributed by atoms with Crippen LogP contribution in [0.2, 0.25) is 0 Å². The molecule has 2 saturated carbocycles. The molecule has 5 aliphatic rings. The summed E-state index contributed by atoms with van der Waals surface area (Å²) in [6.45, 7) is 3.33. The number of rotatable bonds is 3. The van der Waals surface area contributed by atoms with E-state index < -0.39 is 17.5 Å². The first kappa shape index (κ1) is 25.2. The van der Waals surface area contributed by atoms with Crippen LogP contribution in [0, 0.1) is 11.8 Å². The predicted molar refractivity (Wildman–Crippen MR) is 151 cm³/mol. The summed E-state index contributed by atoms with van der Waals surface area (Å²) >= 11 is 0. The third-order valence-electron chi connectivity index (χ3n) is 10.7. The molecule has 1 N–H and O–H groups in total. The first-order chi connectivity index (χ1) is 18.8. The third kappa shape index (κ3) is 4.12. The second-order valence-electron chi connectivity index (χ2n) is 13.4. The Hall–Kier alpha value is -2.74. The number of carbonyl (C=O) groups excluding carboxylic acids is 2. The van der Waals surface area contributed by atoms with Crippen molar-refractivity contribution >= 4 is 28.8 Å². The molecule has 208 valence electrons. The van der Waals surface area contributed by atoms with Gasteiger partial charge in [0, 0.05) is 24.2 Å². The lowest BCUT2D eigenvalue weighted by Crippen LogP contribution is -2.58. The van der Waals surface area contributed by atoms with Crippen molar-refractivity contribution in [3.05, 3.63) is 34.6 Å². The number of hydrogen-bond donors (Lipinski definition) is 1. The van der Waals surface area contributed by atoms with Crippen molar-refractivity contribution in [2.45, 2.75) is 121 Å². The Labute approximate surface area is 230 Å². The summed E-state index contributed by atoms with van der Waals surface area (Å²) < 4.78 is 1.92. The van der Waals surface area contributed by atoms with Crippen LogP contribution >= 0.6 is 0 Å². The summed E-state index contributed by atoms with van der Waals surface area (Å²) in [7, 11) is 0. The number of nitrogens with one attached hydrogen (secondary N) is 1. The molecule has 1 aromatic heterocycles. The number of fused-ring (bicyclic) bond motifs is 5. The van der Waals surface area contributed by atoms with Crippen LogP contribution in [0.5, 0.6) is 0 Å². The van der Waals surface area contributed by atoms with Crippen molar-refractivity contribution < 1.29 is 9.59 Å². The summed E-state index contributed by atoms with van der Waals surface area (Å²) in [5.41, 5.74) is 0.0438. The first-order valence-electron chi connectivity index (χ1n) is 15.3. The Kier molecular flexibility index (Phi) is 6.10. The van der Waals surface area contributed by atoms with Crippen LogP contribution in [-0.2, 0) is 4.79 Å². The summed E-state index contributed by atoms with van der Waals surface area (Å²) in [5, 5.41) is 2.38. The third-order valence-corrected chi connectivity index (χ3v) is 10.7. The van der Waals surface area contributed by atoms with Gasteiger partial charge in [0.25, 0.3) is 11.5 Å². The molecular weight excluding hydrogens is 490 g/mol. The first-order valence-corrected chi connectivity index (χ1v) is 15.3. The standard InChI is InChI=1S/C31H41N5O3/c1-31(2)29(38)33-30(39)36(31)27-28(37)35(26-13-6-5-12-25(26)32-27)24-17-21-10-7-11-22(18-24)34(21)23-15-19-8-3-4-9-20(14-19)16-23/h5-6,12-13,19-24H,3-4,7-11,14-18H2,1-2H3,(H,33,38,39). The van der Waals surface area contributed by atoms with Crippen LogP contribution in [-0.4, -0.2) is 50.1 Å². The van der Waals surface area contributed by atoms with Crippen molar-refractivity contribution in [3.8, 4) is 0 Å². The fourth-order valence-electron chi connectivity index (χ4n) is 8.98. The Bertz CT molecular complexity index is 1340. The molecule has 2 aromatic rings. The van der Waals surface area contributed by atoms with Crippen molar-refractivity contribution in [2.24, 2.45) is 11.8 Å². The molecule has 0 spiro atoms. The second kappa shape index (κ2) is 9.43. The Morgan fingerprint density at radius 2 is 1.46 bits per heavy atom. The molecule has 4 unspecified atom stereocenters. The summed E-state index contributed by atoms with van der Waals surface area (Å²) in [6.07, 6.45) is 15.3. The van der Waals surface area contributed by atoms with Gasteiger partial charge in [0.05, 0.1) is 11.0 Å². The molecule has 3 aliphatic heterocycles. The number of nitrogens with zero attached hydrogens (tertiary/aromatic N) is 4. The number of amides is 3. The molecule has 39 heavy (non-hydrogen) atoms. The fraction of sp³-hybridized carbons (Fsp3) is 0.677. The maximum atomic E-state index is 14.2. The molecular formula is C31H41N5O3. The summed E-state index contributed by atoms with van der Waals surface area (Å²) in [5.74, 6) is 1.42. The minimum absolute atomic E-state index is 0.0472. The van der Waals surface area contributed by atoms with Gasteiger partial charge in [0.2, 0.25) is 5.82 Å². The van der Waals surface area contributed by atoms with Crippen LogP contribution in [0.15, 0.2) is 29.1 Å². The zero-order valence-electron chi connectivity index (χ0n) is 23.3. The minimum Gasteiger partial charge on any atom is -0.300 e. The van der Waals surface area contributed by atoms with Gasteiger partial charge < -0.3 is 4.57 Å². The Morgan fingerprint density at radius 1 is 0.795 bits per heavy atom. The second-order valence-corrected chi connectivity index (χ2v) is 13.4. The number of aromatic nitrogens is 2. The molecule has 0 radical (unpaired) electrons. The van der Waals surface area contributed by atoms with Gasteiger partial charge in [0.1, 0.15) is 5.54 Å². The number of anilines is 1. The Morgan fingerprint density at radius 3 is 2.10 bits per heavy atom. The lowest BCUT2D eigenvalue weighted by molar-refractivity contribution is -0.122. The van der Waals surface area contributed by atoms with Crippen molar-refractivity contribution in [2.75, 3.05) is 4.90 Å². The lowest BCUT2D eigenvalue weighted by atomic mass is 9.73. The van der Waals surface area contributed by atoms with Crippen LogP contribution in [0.3, 0.4) is 0 Å². The molecule has 8 nitrogen and oxygen atoms in total. The highest BCUT2D eigenvalue weighted by molar-refractivity contribution is 6.16. The topological polar surface area (TPSA) is 87.5 Å². The summed E-state index contributed by atoms with van der Waals surface area (Å²) in [6, 6.07) is 8.87. The SMILES string of the molecule is CC1(C)C(=O)NC(=O)N1c1nc2ccccc2n(C2CC3CCCC(C2)N3C2CC3CCCCC(C3)C2)c1=O. The number of para-hydroxylation sites is 2. The number of benzene rings is 1. The smallest absolute Gasteiger partial charge is 0.300 e. The quantitative estimate of drug-likeness (QED) is 0.554. The van der Waals surface area contributed by atoms with E-state index in [1.54, 1.807) is 13.8 Å². The van der Waals surface area contributed by atoms with Crippen molar-refractivity contribution in [1.29, 1.82) is 0 Å². The molecule has 4 atom stereocenters. The highest BCUT2D eigenvalue weighted by Crippen LogP contribution is 2.47. The highest BCUT2D eigenvalue weighted by Gasteiger charge is 2.49. The summed E-state index contributed by atoms with van der Waals surface area (Å²) in [4.78, 5) is 48.5. The highest BCUT2D eigenvalue weighted by atomic mass is 16.2. The van der Waals surface area contributed by atoms with E-state index in [0.29, 0.717) is 23.6 Å². The molecule has 1 aromatic carbocycles. The monoisotopic (exact) mass is 531 g/mol. The molecule has 2 aliphatic carbocycles. The number of urea groups is 1. The van der Waals surface area contributed by atoms with E-state index in [0.717, 1.165) is 30.2 Å². The normalized spacial score (nSPS) is 34.7. The van der Waals surface area contributed by atoms with Crippen LogP contribution in [0.4, 0.5) is 10.6 Å². The minimum atomic E-state index is -1.18. The molecule has 4 bridgehead atoms. The van der Waals surface area contributed by atoms with Crippen LogP contribution in [0.25, 0.3) is 11.0 Å². The molecule has 3 amide bonds. The van der Waals surface area contributed by atoms with Crippen molar-refractivity contribution in [1.82, 2.24) is 19.8 Å². The van der Waals surface area contributed by atoms with Crippen molar-refractivity contribution in [3.63, 3.8) is 0 Å². The zero-order valence-corrected chi connectivity index (χ0v) is 23.3. The maximum Gasteiger partial charge on any atom is 0.330 e. The molecule has 5 fully saturated rings. The van der Waals surface area contributed by atoms with Crippen LogP contribution < -0.4 is 15.8 Å². The molecule has 7 rings (SSSR count). The van der Waals surface area contributed by atoms with E-state index in [9.17, 15) is 14.4 Å². The maximum absolute atomic E-state index is 14.2. The molecule has 8 heteroatoms.